The van der Waals surface area contributed by atoms with Gasteiger partial charge in [0, 0.05) is 17.9 Å². The number of hydrogen-bond donors (Lipinski definition) is 3. The Labute approximate surface area is 189 Å². The summed E-state index contributed by atoms with van der Waals surface area (Å²) in [5, 5.41) is 27.9. The number of ketones is 1. The highest BCUT2D eigenvalue weighted by Crippen LogP contribution is 2.26. The van der Waals surface area contributed by atoms with Crippen molar-refractivity contribution in [1.29, 1.82) is 0 Å². The van der Waals surface area contributed by atoms with Crippen molar-refractivity contribution in [1.82, 2.24) is 0 Å². The van der Waals surface area contributed by atoms with Crippen LogP contribution < -0.4 is 0 Å². The number of carboxylic acids is 1. The molecule has 180 valence electrons. The van der Waals surface area contributed by atoms with Crippen molar-refractivity contribution in [3.63, 3.8) is 0 Å². The van der Waals surface area contributed by atoms with Crippen LogP contribution in [-0.2, 0) is 9.59 Å². The fraction of sp³-hybridized carbons (Fsp3) is 0.769. The summed E-state index contributed by atoms with van der Waals surface area (Å²) in [6.45, 7) is 14.4. The van der Waals surface area contributed by atoms with E-state index in [2.05, 4.69) is 40.7 Å². The number of carbonyl (C=O) groups excluding carboxylic acids is 1. The molecule has 3 N–H and O–H groups in total. The first-order valence-electron chi connectivity index (χ1n) is 11.8. The number of carbonyl (C=O) groups is 2. The van der Waals surface area contributed by atoms with Crippen LogP contribution in [0.3, 0.4) is 0 Å². The Bertz CT molecular complexity index is 607. The molecule has 0 radical (unpaired) electrons. The van der Waals surface area contributed by atoms with E-state index in [0.29, 0.717) is 17.8 Å². The standard InChI is InChI=1S/C26H46O5/c1-8-17(2)9-18(3)10-19(4)11-20(5)12-21(6)13-23(26(30)31)14-22(7)25(29)15-24(28)16-27/h12-13,17-20,22,24,27-28H,8-11,14-16H2,1-7H3,(H,30,31)/t17?,18?,19?,20?,22?,24-/m1/s1. The lowest BCUT2D eigenvalue weighted by atomic mass is 9.84. The van der Waals surface area contributed by atoms with Gasteiger partial charge < -0.3 is 15.3 Å². The zero-order valence-corrected chi connectivity index (χ0v) is 20.7. The summed E-state index contributed by atoms with van der Waals surface area (Å²) in [6.07, 6.45) is 7.37. The Balaban J connectivity index is 4.94. The number of aliphatic carboxylic acids is 1. The molecule has 5 nitrogen and oxygen atoms in total. The third kappa shape index (κ3) is 13.5. The molecule has 0 rings (SSSR count). The molecule has 5 heteroatoms. The van der Waals surface area contributed by atoms with Crippen LogP contribution in [0.25, 0.3) is 0 Å². The van der Waals surface area contributed by atoms with Crippen LogP contribution in [0.1, 0.15) is 87.0 Å². The van der Waals surface area contributed by atoms with Gasteiger partial charge in [-0.25, -0.2) is 4.79 Å². The van der Waals surface area contributed by atoms with Crippen molar-refractivity contribution in [2.75, 3.05) is 6.61 Å². The zero-order valence-electron chi connectivity index (χ0n) is 20.7. The normalized spacial score (nSPS) is 18.7. The molecule has 0 saturated carbocycles. The first-order valence-corrected chi connectivity index (χ1v) is 11.8. The van der Waals surface area contributed by atoms with Crippen molar-refractivity contribution in [2.24, 2.45) is 29.6 Å². The van der Waals surface area contributed by atoms with Gasteiger partial charge in [0.15, 0.2) is 0 Å². The summed E-state index contributed by atoms with van der Waals surface area (Å²) >= 11 is 0. The van der Waals surface area contributed by atoms with E-state index in [1.165, 1.54) is 19.3 Å². The van der Waals surface area contributed by atoms with Crippen LogP contribution in [0.4, 0.5) is 0 Å². The summed E-state index contributed by atoms with van der Waals surface area (Å²) in [6, 6.07) is 0. The predicted octanol–water partition coefficient (Wildman–Crippen LogP) is 5.41. The third-order valence-corrected chi connectivity index (χ3v) is 6.03. The van der Waals surface area contributed by atoms with Gasteiger partial charge in [-0.2, -0.15) is 0 Å². The molecule has 0 aromatic heterocycles. The lowest BCUT2D eigenvalue weighted by Gasteiger charge is -2.21. The second kappa shape index (κ2) is 15.4. The molecule has 0 spiro atoms. The smallest absolute Gasteiger partial charge is 0.331 e. The Morgan fingerprint density at radius 1 is 0.903 bits per heavy atom. The summed E-state index contributed by atoms with van der Waals surface area (Å²) in [4.78, 5) is 23.8. The maximum absolute atomic E-state index is 12.1. The third-order valence-electron chi connectivity index (χ3n) is 6.03. The highest BCUT2D eigenvalue weighted by Gasteiger charge is 2.21. The average molecular weight is 439 g/mol. The number of carboxylic acid groups (broad SMARTS) is 1. The van der Waals surface area contributed by atoms with Gasteiger partial charge in [0.25, 0.3) is 0 Å². The van der Waals surface area contributed by atoms with Gasteiger partial charge in [0.05, 0.1) is 12.7 Å². The molecule has 0 aliphatic rings. The molecule has 6 atom stereocenters. The van der Waals surface area contributed by atoms with Crippen molar-refractivity contribution >= 4 is 11.8 Å². The maximum atomic E-state index is 12.1. The lowest BCUT2D eigenvalue weighted by Crippen LogP contribution is -2.22. The van der Waals surface area contributed by atoms with Gasteiger partial charge in [-0.15, -0.1) is 0 Å². The molecule has 0 saturated heterocycles. The van der Waals surface area contributed by atoms with Crippen LogP contribution in [0, 0.1) is 29.6 Å². The second-order valence-electron chi connectivity index (χ2n) is 9.91. The molecule has 0 aromatic rings. The zero-order chi connectivity index (χ0) is 24.1. The fourth-order valence-electron chi connectivity index (χ4n) is 4.36. The lowest BCUT2D eigenvalue weighted by molar-refractivity contribution is -0.133. The molecule has 31 heavy (non-hydrogen) atoms. The molecule has 0 aliphatic heterocycles. The number of aliphatic hydroxyl groups excluding tert-OH is 2. The summed E-state index contributed by atoms with van der Waals surface area (Å²) in [5.41, 5.74) is 1.08. The Morgan fingerprint density at radius 3 is 1.97 bits per heavy atom. The molecular weight excluding hydrogens is 392 g/mol. The predicted molar refractivity (Wildman–Crippen MR) is 127 cm³/mol. The number of aliphatic hydroxyl groups is 2. The van der Waals surface area contributed by atoms with Crippen molar-refractivity contribution in [3.05, 3.63) is 23.3 Å². The second-order valence-corrected chi connectivity index (χ2v) is 9.91. The van der Waals surface area contributed by atoms with Crippen LogP contribution in [0.15, 0.2) is 23.3 Å². The van der Waals surface area contributed by atoms with Crippen LogP contribution in [0.5, 0.6) is 0 Å². The summed E-state index contributed by atoms with van der Waals surface area (Å²) in [7, 11) is 0. The highest BCUT2D eigenvalue weighted by atomic mass is 16.4. The fourth-order valence-corrected chi connectivity index (χ4v) is 4.36. The Kier molecular flexibility index (Phi) is 14.6. The first-order chi connectivity index (χ1) is 14.4. The van der Waals surface area contributed by atoms with E-state index >= 15 is 0 Å². The monoisotopic (exact) mass is 438 g/mol. The SMILES string of the molecule is CCC(C)CC(C)CC(C)CC(C)C=C(C)C=C(CC(C)C(=O)C[C@@H](O)CO)C(=O)O. The number of rotatable bonds is 16. The van der Waals surface area contributed by atoms with E-state index in [1.807, 2.05) is 6.92 Å². The molecule has 0 amide bonds. The summed E-state index contributed by atoms with van der Waals surface area (Å²) < 4.78 is 0. The van der Waals surface area contributed by atoms with E-state index in [9.17, 15) is 19.8 Å². The molecule has 0 heterocycles. The Morgan fingerprint density at radius 2 is 1.45 bits per heavy atom. The molecule has 0 aliphatic carbocycles. The van der Waals surface area contributed by atoms with Crippen LogP contribution in [-0.4, -0.2) is 39.8 Å². The van der Waals surface area contributed by atoms with E-state index in [0.717, 1.165) is 17.9 Å². The number of allylic oxidation sites excluding steroid dienone is 3. The largest absolute Gasteiger partial charge is 0.478 e. The minimum atomic E-state index is -1.09. The maximum Gasteiger partial charge on any atom is 0.331 e. The van der Waals surface area contributed by atoms with Gasteiger partial charge in [-0.3, -0.25) is 4.79 Å². The van der Waals surface area contributed by atoms with Gasteiger partial charge >= 0.3 is 5.97 Å². The topological polar surface area (TPSA) is 94.8 Å². The van der Waals surface area contributed by atoms with Crippen LogP contribution >= 0.6 is 0 Å². The minimum absolute atomic E-state index is 0.107. The molecule has 0 bridgehead atoms. The molecule has 0 fully saturated rings. The van der Waals surface area contributed by atoms with E-state index in [1.54, 1.807) is 13.0 Å². The van der Waals surface area contributed by atoms with E-state index < -0.39 is 24.6 Å². The van der Waals surface area contributed by atoms with Gasteiger partial charge in [-0.05, 0) is 62.4 Å². The van der Waals surface area contributed by atoms with Crippen molar-refractivity contribution < 1.29 is 24.9 Å². The van der Waals surface area contributed by atoms with Crippen LogP contribution in [0.2, 0.25) is 0 Å². The van der Waals surface area contributed by atoms with E-state index in [4.69, 9.17) is 5.11 Å². The van der Waals surface area contributed by atoms with Crippen molar-refractivity contribution in [2.45, 2.75) is 93.1 Å². The minimum Gasteiger partial charge on any atom is -0.478 e. The molecule has 5 unspecified atom stereocenters. The molecule has 0 aromatic carbocycles. The number of Topliss-reactive ketones (excluding diaryl/α,β-unsaturated/α-hetero) is 1. The first kappa shape index (κ1) is 29.5. The summed E-state index contributed by atoms with van der Waals surface area (Å²) in [5.74, 6) is 0.624. The quantitative estimate of drug-likeness (QED) is 0.221. The van der Waals surface area contributed by atoms with Gasteiger partial charge in [0.2, 0.25) is 0 Å². The number of hydrogen-bond acceptors (Lipinski definition) is 4. The van der Waals surface area contributed by atoms with Gasteiger partial charge in [0.1, 0.15) is 5.78 Å². The molecular formula is C26H46O5. The Hall–Kier alpha value is -1.46. The van der Waals surface area contributed by atoms with E-state index in [-0.39, 0.29) is 24.2 Å². The average Bonchev–Trinajstić information content (AvgIpc) is 2.66. The van der Waals surface area contributed by atoms with Gasteiger partial charge in [-0.1, -0.05) is 59.6 Å². The highest BCUT2D eigenvalue weighted by molar-refractivity contribution is 5.89. The van der Waals surface area contributed by atoms with Crippen molar-refractivity contribution in [3.8, 4) is 0 Å².